The summed E-state index contributed by atoms with van der Waals surface area (Å²) in [6, 6.07) is 12.9. The zero-order valence-corrected chi connectivity index (χ0v) is 19.1. The summed E-state index contributed by atoms with van der Waals surface area (Å²) in [7, 11) is 0. The number of aromatic nitrogens is 2. The summed E-state index contributed by atoms with van der Waals surface area (Å²) in [6.45, 7) is 6.37. The number of carbonyl (C=O) groups is 2. The molecule has 0 bridgehead atoms. The monoisotopic (exact) mass is 469 g/mol. The highest BCUT2D eigenvalue weighted by atomic mass is 32.2. The van der Waals surface area contributed by atoms with Crippen molar-refractivity contribution < 1.29 is 18.9 Å². The number of hydrogen-bond donors (Lipinski definition) is 2. The Morgan fingerprint density at radius 3 is 2.33 bits per heavy atom. The van der Waals surface area contributed by atoms with Crippen LogP contribution in [-0.2, 0) is 16.8 Å². The van der Waals surface area contributed by atoms with E-state index in [2.05, 4.69) is 41.6 Å². The van der Waals surface area contributed by atoms with Crippen molar-refractivity contribution in [3.8, 4) is 0 Å². The van der Waals surface area contributed by atoms with Gasteiger partial charge in [0.05, 0.1) is 17.2 Å². The highest BCUT2D eigenvalue weighted by Crippen LogP contribution is 2.22. The summed E-state index contributed by atoms with van der Waals surface area (Å²) < 4.78 is 5.45. The minimum Gasteiger partial charge on any atom is -0.414 e. The zero-order chi connectivity index (χ0) is 24.0. The first-order valence-corrected chi connectivity index (χ1v) is 11.0. The van der Waals surface area contributed by atoms with Gasteiger partial charge in [-0.3, -0.25) is 19.7 Å². The van der Waals surface area contributed by atoms with Crippen molar-refractivity contribution in [3.63, 3.8) is 0 Å². The number of benzene rings is 2. The lowest BCUT2D eigenvalue weighted by atomic mass is 9.87. The maximum Gasteiger partial charge on any atom is 0.277 e. The van der Waals surface area contributed by atoms with Crippen LogP contribution >= 0.6 is 11.8 Å². The number of nitrogens with zero attached hydrogens (tertiary/aromatic N) is 3. The van der Waals surface area contributed by atoms with E-state index in [1.165, 1.54) is 24.3 Å². The van der Waals surface area contributed by atoms with E-state index in [9.17, 15) is 19.7 Å². The second-order valence-electron chi connectivity index (χ2n) is 8.11. The number of anilines is 1. The molecule has 1 heterocycles. The van der Waals surface area contributed by atoms with E-state index in [0.29, 0.717) is 11.3 Å². The Labute approximate surface area is 194 Å². The van der Waals surface area contributed by atoms with E-state index in [0.717, 1.165) is 17.3 Å². The molecule has 0 radical (unpaired) electrons. The summed E-state index contributed by atoms with van der Waals surface area (Å²) in [5.41, 5.74) is 2.05. The molecule has 33 heavy (non-hydrogen) atoms. The van der Waals surface area contributed by atoms with Crippen molar-refractivity contribution in [2.24, 2.45) is 0 Å². The van der Waals surface area contributed by atoms with Crippen molar-refractivity contribution in [1.29, 1.82) is 0 Å². The molecule has 10 nitrogen and oxygen atoms in total. The van der Waals surface area contributed by atoms with Crippen LogP contribution in [0.2, 0.25) is 0 Å². The molecule has 0 unspecified atom stereocenters. The Morgan fingerprint density at radius 1 is 1.06 bits per heavy atom. The van der Waals surface area contributed by atoms with Crippen LogP contribution in [0.4, 0.5) is 11.4 Å². The third kappa shape index (κ3) is 6.88. The molecular weight excluding hydrogens is 446 g/mol. The molecule has 11 heteroatoms. The van der Waals surface area contributed by atoms with Crippen molar-refractivity contribution in [1.82, 2.24) is 15.5 Å². The maximum atomic E-state index is 12.3. The van der Waals surface area contributed by atoms with Crippen molar-refractivity contribution in [2.75, 3.05) is 11.1 Å². The molecule has 0 aliphatic rings. The molecule has 2 aromatic carbocycles. The Morgan fingerprint density at radius 2 is 1.73 bits per heavy atom. The van der Waals surface area contributed by atoms with Gasteiger partial charge < -0.3 is 15.1 Å². The average Bonchev–Trinajstić information content (AvgIpc) is 3.24. The van der Waals surface area contributed by atoms with Crippen LogP contribution in [0.25, 0.3) is 0 Å². The minimum absolute atomic E-state index is 0.00506. The van der Waals surface area contributed by atoms with E-state index >= 15 is 0 Å². The summed E-state index contributed by atoms with van der Waals surface area (Å²) in [4.78, 5) is 34.5. The summed E-state index contributed by atoms with van der Waals surface area (Å²) >= 11 is 1.04. The van der Waals surface area contributed by atoms with Gasteiger partial charge in [-0.25, -0.2) is 0 Å². The standard InChI is InChI=1S/C22H23N5O5S/c1-22(2,3)15-6-4-14(5-7-15)20(29)23-12-19-25-26-21(32-19)33-13-18(28)24-16-8-10-17(11-9-16)27(30)31/h4-11H,12-13H2,1-3H3,(H,23,29)(H,24,28). The van der Waals surface area contributed by atoms with Crippen LogP contribution in [0.3, 0.4) is 0 Å². The smallest absolute Gasteiger partial charge is 0.277 e. The molecule has 0 atom stereocenters. The van der Waals surface area contributed by atoms with Gasteiger partial charge in [-0.05, 0) is 35.2 Å². The van der Waals surface area contributed by atoms with Gasteiger partial charge in [0.25, 0.3) is 16.8 Å². The number of carbonyl (C=O) groups excluding carboxylic acids is 2. The molecule has 1 aromatic heterocycles. The third-order valence-electron chi connectivity index (χ3n) is 4.55. The van der Waals surface area contributed by atoms with Crippen molar-refractivity contribution in [2.45, 2.75) is 38.0 Å². The Balaban J connectivity index is 1.45. The van der Waals surface area contributed by atoms with Crippen LogP contribution in [0.1, 0.15) is 42.6 Å². The van der Waals surface area contributed by atoms with Gasteiger partial charge in [-0.2, -0.15) is 0 Å². The molecule has 0 aliphatic carbocycles. The van der Waals surface area contributed by atoms with Gasteiger partial charge in [0, 0.05) is 23.4 Å². The van der Waals surface area contributed by atoms with E-state index in [1.807, 2.05) is 12.1 Å². The predicted molar refractivity (Wildman–Crippen MR) is 123 cm³/mol. The molecule has 2 amide bonds. The molecule has 0 fully saturated rings. The van der Waals surface area contributed by atoms with Crippen LogP contribution in [0.15, 0.2) is 58.2 Å². The third-order valence-corrected chi connectivity index (χ3v) is 5.37. The van der Waals surface area contributed by atoms with Crippen LogP contribution in [0.5, 0.6) is 0 Å². The molecular formula is C22H23N5O5S. The number of rotatable bonds is 8. The summed E-state index contributed by atoms with van der Waals surface area (Å²) in [6.07, 6.45) is 0. The van der Waals surface area contributed by atoms with E-state index < -0.39 is 4.92 Å². The topological polar surface area (TPSA) is 140 Å². The van der Waals surface area contributed by atoms with Gasteiger partial charge in [0.1, 0.15) is 0 Å². The second kappa shape index (κ2) is 10.3. The SMILES string of the molecule is CC(C)(C)c1ccc(C(=O)NCc2nnc(SCC(=O)Nc3ccc([N+](=O)[O-])cc3)o2)cc1. The lowest BCUT2D eigenvalue weighted by molar-refractivity contribution is -0.384. The fourth-order valence-corrected chi connectivity index (χ4v) is 3.32. The molecule has 3 rings (SSSR count). The van der Waals surface area contributed by atoms with Gasteiger partial charge in [0.15, 0.2) is 0 Å². The fraction of sp³-hybridized carbons (Fsp3) is 0.273. The number of non-ortho nitro benzene ring substituents is 1. The number of thioether (sulfide) groups is 1. The Bertz CT molecular complexity index is 1140. The number of nitro benzene ring substituents is 1. The second-order valence-corrected chi connectivity index (χ2v) is 9.04. The van der Waals surface area contributed by atoms with Crippen LogP contribution in [-0.4, -0.2) is 32.7 Å². The van der Waals surface area contributed by atoms with Crippen LogP contribution in [0, 0.1) is 10.1 Å². The minimum atomic E-state index is -0.514. The first kappa shape index (κ1) is 23.9. The Hall–Kier alpha value is -3.73. The largest absolute Gasteiger partial charge is 0.414 e. The molecule has 3 aromatic rings. The number of nitrogens with one attached hydrogen (secondary N) is 2. The van der Waals surface area contributed by atoms with E-state index in [1.54, 1.807) is 12.1 Å². The first-order valence-electron chi connectivity index (χ1n) is 10.00. The normalized spacial score (nSPS) is 11.1. The number of amides is 2. The number of hydrogen-bond acceptors (Lipinski definition) is 8. The average molecular weight is 470 g/mol. The fourth-order valence-electron chi connectivity index (χ4n) is 2.74. The summed E-state index contributed by atoms with van der Waals surface area (Å²) in [5, 5.41) is 23.9. The zero-order valence-electron chi connectivity index (χ0n) is 18.3. The van der Waals surface area contributed by atoms with Gasteiger partial charge in [0.2, 0.25) is 11.8 Å². The number of nitro groups is 1. The molecule has 0 saturated carbocycles. The van der Waals surface area contributed by atoms with E-state index in [4.69, 9.17) is 4.42 Å². The maximum absolute atomic E-state index is 12.3. The van der Waals surface area contributed by atoms with Crippen molar-refractivity contribution >= 4 is 35.0 Å². The molecule has 2 N–H and O–H groups in total. The van der Waals surface area contributed by atoms with Gasteiger partial charge >= 0.3 is 0 Å². The highest BCUT2D eigenvalue weighted by Gasteiger charge is 2.15. The van der Waals surface area contributed by atoms with Crippen molar-refractivity contribution in [3.05, 3.63) is 75.7 Å². The van der Waals surface area contributed by atoms with Gasteiger partial charge in [-0.15, -0.1) is 10.2 Å². The predicted octanol–water partition coefficient (Wildman–Crippen LogP) is 3.94. The molecule has 0 aliphatic heterocycles. The lowest BCUT2D eigenvalue weighted by Crippen LogP contribution is -2.23. The Kier molecular flexibility index (Phi) is 7.44. The molecule has 0 spiro atoms. The molecule has 0 saturated heterocycles. The lowest BCUT2D eigenvalue weighted by Gasteiger charge is -2.18. The van der Waals surface area contributed by atoms with Gasteiger partial charge in [-0.1, -0.05) is 44.7 Å². The van der Waals surface area contributed by atoms with Crippen LogP contribution < -0.4 is 10.6 Å². The highest BCUT2D eigenvalue weighted by molar-refractivity contribution is 7.99. The quantitative estimate of drug-likeness (QED) is 0.287. The summed E-state index contributed by atoms with van der Waals surface area (Å²) in [5.74, 6) is -0.371. The first-order chi connectivity index (χ1) is 15.6. The van der Waals surface area contributed by atoms with E-state index in [-0.39, 0.29) is 46.3 Å². The molecule has 172 valence electrons.